The molecule has 5 heteroatoms. The van der Waals surface area contributed by atoms with Gasteiger partial charge in [-0.2, -0.15) is 0 Å². The summed E-state index contributed by atoms with van der Waals surface area (Å²) >= 11 is 5.55. The van der Waals surface area contributed by atoms with Crippen molar-refractivity contribution in [2.45, 2.75) is 6.54 Å². The molecule has 1 rings (SSSR count). The molecule has 0 aromatic heterocycles. The van der Waals surface area contributed by atoms with Crippen LogP contribution in [0.25, 0.3) is 10.4 Å². The molecule has 0 spiro atoms. The van der Waals surface area contributed by atoms with Gasteiger partial charge in [0.2, 0.25) is 0 Å². The number of benzene rings is 1. The van der Waals surface area contributed by atoms with Gasteiger partial charge in [0, 0.05) is 11.4 Å². The van der Waals surface area contributed by atoms with Gasteiger partial charge in [-0.25, -0.2) is 4.39 Å². The van der Waals surface area contributed by atoms with E-state index in [0.29, 0.717) is 10.6 Å². The van der Waals surface area contributed by atoms with Gasteiger partial charge in [0.15, 0.2) is 0 Å². The van der Waals surface area contributed by atoms with Crippen LogP contribution in [0.1, 0.15) is 6.99 Å². The Bertz CT molecular complexity index is 318. The van der Waals surface area contributed by atoms with Crippen LogP contribution < -0.4 is 0 Å². The van der Waals surface area contributed by atoms with Crippen molar-refractivity contribution in [3.63, 3.8) is 0 Å². The molecule has 0 aliphatic rings. The second-order valence-corrected chi connectivity index (χ2v) is 2.60. The highest BCUT2D eigenvalue weighted by Crippen LogP contribution is 2.14. The molecule has 1 aromatic carbocycles. The van der Waals surface area contributed by atoms with E-state index in [2.05, 4.69) is 10.0 Å². The average Bonchev–Trinajstić information content (AvgIpc) is 1.99. The molecule has 3 nitrogen and oxygen atoms in total. The standard InChI is InChI=1S/C7H5ClFN3.H2/c8-6-1-5(4-11-12-10)2-7(9)3-6;/h1-3H,4H2;1H. The minimum atomic E-state index is -0.425. The van der Waals surface area contributed by atoms with Crippen molar-refractivity contribution in [2.24, 2.45) is 5.11 Å². The fourth-order valence-corrected chi connectivity index (χ4v) is 1.06. The summed E-state index contributed by atoms with van der Waals surface area (Å²) in [5.74, 6) is -0.425. The van der Waals surface area contributed by atoms with E-state index in [0.717, 1.165) is 0 Å². The molecule has 0 heterocycles. The third-order valence-corrected chi connectivity index (χ3v) is 1.46. The van der Waals surface area contributed by atoms with Gasteiger partial charge < -0.3 is 0 Å². The molecule has 0 atom stereocenters. The summed E-state index contributed by atoms with van der Waals surface area (Å²) in [7, 11) is 0. The Balaban J connectivity index is 0.00000144. The normalized spacial score (nSPS) is 9.17. The van der Waals surface area contributed by atoms with Crippen molar-refractivity contribution in [2.75, 3.05) is 0 Å². The number of hydrogen-bond acceptors (Lipinski definition) is 1. The van der Waals surface area contributed by atoms with E-state index in [1.165, 1.54) is 12.1 Å². The van der Waals surface area contributed by atoms with Crippen LogP contribution in [0.5, 0.6) is 0 Å². The van der Waals surface area contributed by atoms with Crippen LogP contribution in [0.3, 0.4) is 0 Å². The summed E-state index contributed by atoms with van der Waals surface area (Å²) in [6.07, 6.45) is 0. The fourth-order valence-electron chi connectivity index (χ4n) is 0.816. The Hall–Kier alpha value is -1.25. The minimum absolute atomic E-state index is 0. The first-order chi connectivity index (χ1) is 5.72. The predicted octanol–water partition coefficient (Wildman–Crippen LogP) is 3.54. The molecule has 1 aromatic rings. The van der Waals surface area contributed by atoms with E-state index >= 15 is 0 Å². The Morgan fingerprint density at radius 3 is 2.92 bits per heavy atom. The molecule has 0 amide bonds. The van der Waals surface area contributed by atoms with Gasteiger partial charge in [0.05, 0.1) is 6.54 Å². The van der Waals surface area contributed by atoms with Gasteiger partial charge in [-0.1, -0.05) is 16.7 Å². The maximum Gasteiger partial charge on any atom is 0.124 e. The van der Waals surface area contributed by atoms with Crippen molar-refractivity contribution in [1.82, 2.24) is 0 Å². The van der Waals surface area contributed by atoms with Crippen molar-refractivity contribution in [3.8, 4) is 0 Å². The molecule has 0 aliphatic heterocycles. The van der Waals surface area contributed by atoms with Crippen molar-refractivity contribution >= 4 is 11.6 Å². The first-order valence-electron chi connectivity index (χ1n) is 3.18. The average molecular weight is 188 g/mol. The lowest BCUT2D eigenvalue weighted by Gasteiger charge is -1.96. The maximum absolute atomic E-state index is 12.6. The van der Waals surface area contributed by atoms with Gasteiger partial charge in [-0.05, 0) is 29.3 Å². The molecule has 0 saturated heterocycles. The maximum atomic E-state index is 12.6. The fraction of sp³-hybridized carbons (Fsp3) is 0.143. The van der Waals surface area contributed by atoms with Gasteiger partial charge in [0.1, 0.15) is 5.82 Å². The van der Waals surface area contributed by atoms with Crippen LogP contribution in [-0.2, 0) is 6.54 Å². The van der Waals surface area contributed by atoms with Gasteiger partial charge >= 0.3 is 0 Å². The number of hydrogen-bond donors (Lipinski definition) is 0. The topological polar surface area (TPSA) is 48.8 Å². The summed E-state index contributed by atoms with van der Waals surface area (Å²) in [6.45, 7) is 0.119. The highest BCUT2D eigenvalue weighted by Gasteiger charge is 1.97. The predicted molar refractivity (Wildman–Crippen MR) is 46.4 cm³/mol. The van der Waals surface area contributed by atoms with Gasteiger partial charge in [0.25, 0.3) is 0 Å². The van der Waals surface area contributed by atoms with E-state index in [-0.39, 0.29) is 7.97 Å². The summed E-state index contributed by atoms with van der Waals surface area (Å²) in [5, 5.41) is 3.58. The molecule has 0 aliphatic carbocycles. The SMILES string of the molecule is [HH].[N-]=[N+]=NCc1cc(F)cc(Cl)c1. The number of azide groups is 1. The smallest absolute Gasteiger partial charge is 0.124 e. The molecule has 12 heavy (non-hydrogen) atoms. The molecule has 0 radical (unpaired) electrons. The van der Waals surface area contributed by atoms with E-state index in [4.69, 9.17) is 17.1 Å². The van der Waals surface area contributed by atoms with Crippen LogP contribution in [0, 0.1) is 5.82 Å². The highest BCUT2D eigenvalue weighted by atomic mass is 35.5. The van der Waals surface area contributed by atoms with Crippen molar-refractivity contribution in [3.05, 3.63) is 45.0 Å². The lowest BCUT2D eigenvalue weighted by atomic mass is 10.2. The third-order valence-electron chi connectivity index (χ3n) is 1.24. The van der Waals surface area contributed by atoms with E-state index in [9.17, 15) is 4.39 Å². The van der Waals surface area contributed by atoms with Crippen LogP contribution in [0.15, 0.2) is 23.3 Å². The Morgan fingerprint density at radius 2 is 2.33 bits per heavy atom. The molecule has 0 N–H and O–H groups in total. The Morgan fingerprint density at radius 1 is 1.58 bits per heavy atom. The molecule has 0 saturated carbocycles. The Kier molecular flexibility index (Phi) is 2.91. The molecular formula is C7H7ClFN3. The number of rotatable bonds is 2. The molecule has 0 bridgehead atoms. The lowest BCUT2D eigenvalue weighted by molar-refractivity contribution is 0.625. The first kappa shape index (κ1) is 8.84. The van der Waals surface area contributed by atoms with E-state index in [1.807, 2.05) is 0 Å². The highest BCUT2D eigenvalue weighted by molar-refractivity contribution is 6.30. The van der Waals surface area contributed by atoms with Gasteiger partial charge in [-0.15, -0.1) is 0 Å². The van der Waals surface area contributed by atoms with Gasteiger partial charge in [-0.3, -0.25) is 0 Å². The van der Waals surface area contributed by atoms with Crippen LogP contribution in [0.4, 0.5) is 4.39 Å². The molecular weight excluding hydrogens is 181 g/mol. The summed E-state index contributed by atoms with van der Waals surface area (Å²) in [5.41, 5.74) is 8.57. The lowest BCUT2D eigenvalue weighted by Crippen LogP contribution is -1.82. The zero-order valence-electron chi connectivity index (χ0n) is 6.04. The van der Waals surface area contributed by atoms with Crippen molar-refractivity contribution < 1.29 is 5.82 Å². The van der Waals surface area contributed by atoms with Crippen LogP contribution in [0.2, 0.25) is 5.02 Å². The van der Waals surface area contributed by atoms with Crippen LogP contribution in [-0.4, -0.2) is 0 Å². The second-order valence-electron chi connectivity index (χ2n) is 2.17. The zero-order chi connectivity index (χ0) is 8.97. The van der Waals surface area contributed by atoms with E-state index < -0.39 is 5.82 Å². The molecule has 0 unspecified atom stereocenters. The second kappa shape index (κ2) is 3.95. The monoisotopic (exact) mass is 187 g/mol. The number of nitrogens with zero attached hydrogens (tertiary/aromatic N) is 3. The van der Waals surface area contributed by atoms with Crippen LogP contribution >= 0.6 is 11.6 Å². The Labute approximate surface area is 74.9 Å². The van der Waals surface area contributed by atoms with E-state index in [1.54, 1.807) is 6.07 Å². The number of halogens is 2. The van der Waals surface area contributed by atoms with Crippen molar-refractivity contribution in [1.29, 1.82) is 0 Å². The summed E-state index contributed by atoms with van der Waals surface area (Å²) in [4.78, 5) is 2.55. The third kappa shape index (κ3) is 2.42. The largest absolute Gasteiger partial charge is 0.207 e. The molecule has 64 valence electrons. The summed E-state index contributed by atoms with van der Waals surface area (Å²) in [6, 6.07) is 4.03. The minimum Gasteiger partial charge on any atom is -0.207 e. The summed E-state index contributed by atoms with van der Waals surface area (Å²) < 4.78 is 12.6. The zero-order valence-corrected chi connectivity index (χ0v) is 6.79. The quantitative estimate of drug-likeness (QED) is 0.386. The first-order valence-corrected chi connectivity index (χ1v) is 3.56. The molecule has 0 fully saturated rings.